The molecule has 0 saturated heterocycles. The zero-order valence-electron chi connectivity index (χ0n) is 16.7. The van der Waals surface area contributed by atoms with Gasteiger partial charge < -0.3 is 10.6 Å². The Bertz CT molecular complexity index is 1030. The summed E-state index contributed by atoms with van der Waals surface area (Å²) >= 11 is 3.34. The third-order valence-electron chi connectivity index (χ3n) is 4.67. The van der Waals surface area contributed by atoms with Crippen LogP contribution in [0.3, 0.4) is 0 Å². The Labute approximate surface area is 176 Å². The molecule has 0 radical (unpaired) electrons. The first-order valence-corrected chi connectivity index (χ1v) is 10.0. The van der Waals surface area contributed by atoms with E-state index in [0.29, 0.717) is 24.3 Å². The fourth-order valence-corrected chi connectivity index (χ4v) is 3.25. The number of rotatable bonds is 7. The number of nitrogens with zero attached hydrogens (tertiary/aromatic N) is 6. The summed E-state index contributed by atoms with van der Waals surface area (Å²) in [4.78, 5) is 25.8. The second-order valence-corrected chi connectivity index (χ2v) is 7.41. The molecule has 3 heterocycles. The van der Waals surface area contributed by atoms with Crippen molar-refractivity contribution in [1.82, 2.24) is 29.3 Å². The third-order valence-corrected chi connectivity index (χ3v) is 5.08. The zero-order chi connectivity index (χ0) is 21.1. The molecule has 0 aliphatic heterocycles. The fourth-order valence-electron chi connectivity index (χ4n) is 2.95. The number of anilines is 2. The van der Waals surface area contributed by atoms with Gasteiger partial charge in [-0.2, -0.15) is 15.3 Å². The molecular formula is C18H23BrN8O2. The smallest absolute Gasteiger partial charge is 0.276 e. The topological polar surface area (TPSA) is 112 Å². The van der Waals surface area contributed by atoms with Crippen LogP contribution >= 0.6 is 15.9 Å². The molecular weight excluding hydrogens is 440 g/mol. The highest BCUT2D eigenvalue weighted by Crippen LogP contribution is 2.22. The Morgan fingerprint density at radius 2 is 1.83 bits per heavy atom. The average molecular weight is 463 g/mol. The highest BCUT2D eigenvalue weighted by atomic mass is 79.9. The maximum atomic E-state index is 12.9. The summed E-state index contributed by atoms with van der Waals surface area (Å²) in [7, 11) is 1.80. The molecule has 154 valence electrons. The normalized spacial score (nSPS) is 12.0. The van der Waals surface area contributed by atoms with Gasteiger partial charge in [-0.1, -0.05) is 6.92 Å². The van der Waals surface area contributed by atoms with Gasteiger partial charge in [0.2, 0.25) is 5.91 Å². The van der Waals surface area contributed by atoms with Crippen LogP contribution in [-0.4, -0.2) is 41.2 Å². The van der Waals surface area contributed by atoms with Crippen molar-refractivity contribution in [2.75, 3.05) is 10.6 Å². The Hall–Kier alpha value is -2.95. The molecule has 2 amide bonds. The monoisotopic (exact) mass is 462 g/mol. The lowest BCUT2D eigenvalue weighted by atomic mass is 10.2. The lowest BCUT2D eigenvalue weighted by Crippen LogP contribution is -2.27. The number of carbonyl (C=O) groups excluding carboxylic acids is 2. The molecule has 11 heteroatoms. The predicted molar refractivity (Wildman–Crippen MR) is 112 cm³/mol. The van der Waals surface area contributed by atoms with E-state index in [1.165, 1.54) is 6.20 Å². The Kier molecular flexibility index (Phi) is 6.16. The van der Waals surface area contributed by atoms with Crippen LogP contribution in [0.25, 0.3) is 0 Å². The first-order chi connectivity index (χ1) is 13.8. The number of hydrogen-bond donors (Lipinski definition) is 2. The van der Waals surface area contributed by atoms with Crippen molar-refractivity contribution in [3.05, 3.63) is 40.6 Å². The van der Waals surface area contributed by atoms with E-state index in [4.69, 9.17) is 0 Å². The molecule has 1 unspecified atom stereocenters. The Morgan fingerprint density at radius 3 is 2.38 bits per heavy atom. The van der Waals surface area contributed by atoms with Crippen LogP contribution in [0.2, 0.25) is 0 Å². The Morgan fingerprint density at radius 1 is 1.10 bits per heavy atom. The standard InChI is InChI=1S/C18H23BrN8O2/c1-5-15(27-10-12(19)7-21-27)17(28)24-14-9-22-26(6-2)16(14)18(29)23-13-8-20-25(4)11(13)3/h7-10,15H,5-6H2,1-4H3,(H,23,29)(H,24,28). The predicted octanol–water partition coefficient (Wildman–Crippen LogP) is 2.75. The van der Waals surface area contributed by atoms with E-state index >= 15 is 0 Å². The van der Waals surface area contributed by atoms with Gasteiger partial charge in [0.1, 0.15) is 11.7 Å². The van der Waals surface area contributed by atoms with Gasteiger partial charge in [0.15, 0.2) is 0 Å². The molecule has 1 atom stereocenters. The van der Waals surface area contributed by atoms with E-state index < -0.39 is 6.04 Å². The molecule has 3 aromatic rings. The average Bonchev–Trinajstić information content (AvgIpc) is 3.38. The minimum Gasteiger partial charge on any atom is -0.321 e. The largest absolute Gasteiger partial charge is 0.321 e. The highest BCUT2D eigenvalue weighted by molar-refractivity contribution is 9.10. The summed E-state index contributed by atoms with van der Waals surface area (Å²) in [6.45, 7) is 6.11. The van der Waals surface area contributed by atoms with Crippen LogP contribution in [0.5, 0.6) is 0 Å². The molecule has 10 nitrogen and oxygen atoms in total. The van der Waals surface area contributed by atoms with Crippen LogP contribution in [0.1, 0.15) is 42.5 Å². The number of halogens is 1. The van der Waals surface area contributed by atoms with Crippen molar-refractivity contribution in [3.63, 3.8) is 0 Å². The highest BCUT2D eigenvalue weighted by Gasteiger charge is 2.25. The van der Waals surface area contributed by atoms with Crippen LogP contribution in [0.4, 0.5) is 11.4 Å². The van der Waals surface area contributed by atoms with E-state index in [9.17, 15) is 9.59 Å². The van der Waals surface area contributed by atoms with Gasteiger partial charge in [0.05, 0.1) is 40.1 Å². The molecule has 3 aromatic heterocycles. The van der Waals surface area contributed by atoms with Crippen molar-refractivity contribution in [2.45, 2.75) is 39.8 Å². The second kappa shape index (κ2) is 8.60. The van der Waals surface area contributed by atoms with E-state index in [1.54, 1.807) is 39.7 Å². The minimum absolute atomic E-state index is 0.273. The minimum atomic E-state index is -0.511. The molecule has 0 aliphatic rings. The zero-order valence-corrected chi connectivity index (χ0v) is 18.3. The van der Waals surface area contributed by atoms with Gasteiger partial charge in [0.25, 0.3) is 5.91 Å². The van der Waals surface area contributed by atoms with Crippen molar-refractivity contribution in [2.24, 2.45) is 7.05 Å². The van der Waals surface area contributed by atoms with Crippen molar-refractivity contribution >= 4 is 39.1 Å². The van der Waals surface area contributed by atoms with Gasteiger partial charge in [-0.3, -0.25) is 23.6 Å². The summed E-state index contributed by atoms with van der Waals surface area (Å²) in [6, 6.07) is -0.511. The van der Waals surface area contributed by atoms with Crippen molar-refractivity contribution in [3.8, 4) is 0 Å². The first-order valence-electron chi connectivity index (χ1n) is 9.21. The van der Waals surface area contributed by atoms with Crippen LogP contribution in [0, 0.1) is 6.92 Å². The molecule has 0 aliphatic carbocycles. The number of carbonyl (C=O) groups is 2. The lowest BCUT2D eigenvalue weighted by Gasteiger charge is -2.16. The molecule has 0 aromatic carbocycles. The quantitative estimate of drug-likeness (QED) is 0.560. The molecule has 0 fully saturated rings. The lowest BCUT2D eigenvalue weighted by molar-refractivity contribution is -0.119. The van der Waals surface area contributed by atoms with Gasteiger partial charge in [-0.05, 0) is 36.2 Å². The van der Waals surface area contributed by atoms with Crippen molar-refractivity contribution < 1.29 is 9.59 Å². The number of nitrogens with one attached hydrogen (secondary N) is 2. The van der Waals surface area contributed by atoms with Crippen LogP contribution < -0.4 is 10.6 Å². The summed E-state index contributed by atoms with van der Waals surface area (Å²) in [5, 5.41) is 18.2. The number of aromatic nitrogens is 6. The Balaban J connectivity index is 1.85. The fraction of sp³-hybridized carbons (Fsp3) is 0.389. The molecule has 0 saturated carbocycles. The summed E-state index contributed by atoms with van der Waals surface area (Å²) in [5.74, 6) is -0.643. The molecule has 2 N–H and O–H groups in total. The first kappa shape index (κ1) is 20.8. The second-order valence-electron chi connectivity index (χ2n) is 6.50. The molecule has 0 bridgehead atoms. The molecule has 0 spiro atoms. The van der Waals surface area contributed by atoms with Gasteiger partial charge in [-0.15, -0.1) is 0 Å². The van der Waals surface area contributed by atoms with E-state index in [1.807, 2.05) is 20.8 Å². The SMILES string of the molecule is CCC(C(=O)Nc1cnn(CC)c1C(=O)Nc1cnn(C)c1C)n1cc(Br)cn1. The third kappa shape index (κ3) is 4.24. The summed E-state index contributed by atoms with van der Waals surface area (Å²) < 4.78 is 5.59. The van der Waals surface area contributed by atoms with E-state index in [2.05, 4.69) is 41.9 Å². The molecule has 3 rings (SSSR count). The summed E-state index contributed by atoms with van der Waals surface area (Å²) in [6.07, 6.45) is 6.97. The van der Waals surface area contributed by atoms with Crippen molar-refractivity contribution in [1.29, 1.82) is 0 Å². The van der Waals surface area contributed by atoms with E-state index in [0.717, 1.165) is 10.2 Å². The van der Waals surface area contributed by atoms with Crippen LogP contribution in [0.15, 0.2) is 29.3 Å². The maximum Gasteiger partial charge on any atom is 0.276 e. The number of amides is 2. The number of aryl methyl sites for hydroxylation is 2. The molecule has 29 heavy (non-hydrogen) atoms. The van der Waals surface area contributed by atoms with Gasteiger partial charge >= 0.3 is 0 Å². The van der Waals surface area contributed by atoms with E-state index in [-0.39, 0.29) is 17.5 Å². The van der Waals surface area contributed by atoms with Crippen LogP contribution in [-0.2, 0) is 18.4 Å². The van der Waals surface area contributed by atoms with Gasteiger partial charge in [0, 0.05) is 19.8 Å². The van der Waals surface area contributed by atoms with Gasteiger partial charge in [-0.25, -0.2) is 0 Å². The summed E-state index contributed by atoms with van der Waals surface area (Å²) in [5.41, 5.74) is 2.05. The number of hydrogen-bond acceptors (Lipinski definition) is 5. The maximum absolute atomic E-state index is 12.9.